The predicted molar refractivity (Wildman–Crippen MR) is 88.9 cm³/mol. The van der Waals surface area contributed by atoms with Crippen LogP contribution in [0, 0.1) is 5.82 Å². The van der Waals surface area contributed by atoms with Gasteiger partial charge in [0.1, 0.15) is 5.82 Å². The van der Waals surface area contributed by atoms with Gasteiger partial charge in [-0.1, -0.05) is 35.5 Å². The highest BCUT2D eigenvalue weighted by molar-refractivity contribution is 5.79. The van der Waals surface area contributed by atoms with Gasteiger partial charge in [-0.25, -0.2) is 4.39 Å². The first-order valence-electron chi connectivity index (χ1n) is 8.10. The summed E-state index contributed by atoms with van der Waals surface area (Å²) in [4.78, 5) is 18.5. The van der Waals surface area contributed by atoms with Gasteiger partial charge in [0.25, 0.3) is 5.89 Å². The van der Waals surface area contributed by atoms with Crippen LogP contribution in [0.2, 0.25) is 0 Å². The van der Waals surface area contributed by atoms with Gasteiger partial charge < -0.3 is 9.42 Å². The molecule has 1 saturated heterocycles. The zero-order valence-corrected chi connectivity index (χ0v) is 13.4. The minimum Gasteiger partial charge on any atom is -0.338 e. The lowest BCUT2D eigenvalue weighted by molar-refractivity contribution is -0.128. The van der Waals surface area contributed by atoms with Gasteiger partial charge in [-0.15, -0.1) is 0 Å². The molecule has 2 aromatic carbocycles. The summed E-state index contributed by atoms with van der Waals surface area (Å²) in [6.07, 6.45) is 0.370. The van der Waals surface area contributed by atoms with Gasteiger partial charge in [0.15, 0.2) is 5.82 Å². The molecule has 1 atom stereocenters. The van der Waals surface area contributed by atoms with E-state index >= 15 is 0 Å². The third kappa shape index (κ3) is 3.28. The zero-order chi connectivity index (χ0) is 17.2. The van der Waals surface area contributed by atoms with Crippen molar-refractivity contribution in [3.8, 4) is 11.5 Å². The molecule has 1 aromatic heterocycles. The Hall–Kier alpha value is -3.02. The van der Waals surface area contributed by atoms with Crippen LogP contribution in [0.5, 0.6) is 0 Å². The molecule has 0 N–H and O–H groups in total. The van der Waals surface area contributed by atoms with Crippen molar-refractivity contribution in [3.05, 3.63) is 71.8 Å². The fourth-order valence-electron chi connectivity index (χ4n) is 3.01. The van der Waals surface area contributed by atoms with Gasteiger partial charge in [0, 0.05) is 31.0 Å². The average Bonchev–Trinajstić information content (AvgIpc) is 3.24. The highest BCUT2D eigenvalue weighted by Crippen LogP contribution is 2.29. The molecule has 0 saturated carbocycles. The van der Waals surface area contributed by atoms with E-state index < -0.39 is 0 Å². The van der Waals surface area contributed by atoms with Crippen molar-refractivity contribution in [2.75, 3.05) is 6.54 Å². The molecule has 1 aliphatic heterocycles. The maximum Gasteiger partial charge on any atom is 0.257 e. The van der Waals surface area contributed by atoms with Crippen LogP contribution in [0.3, 0.4) is 0 Å². The second kappa shape index (κ2) is 6.47. The minimum atomic E-state index is -0.318. The molecular formula is C19H16FN3O2. The van der Waals surface area contributed by atoms with E-state index in [1.54, 1.807) is 12.1 Å². The maximum atomic E-state index is 13.0. The van der Waals surface area contributed by atoms with E-state index in [9.17, 15) is 9.18 Å². The number of benzene rings is 2. The van der Waals surface area contributed by atoms with E-state index in [4.69, 9.17) is 4.52 Å². The zero-order valence-electron chi connectivity index (χ0n) is 13.4. The fraction of sp³-hybridized carbons (Fsp3) is 0.211. The lowest BCUT2D eigenvalue weighted by atomic mass is 10.1. The molecule has 126 valence electrons. The number of hydrogen-bond acceptors (Lipinski definition) is 4. The summed E-state index contributed by atoms with van der Waals surface area (Å²) in [5, 5.41) is 4.01. The number of halogens is 1. The number of aromatic nitrogens is 2. The van der Waals surface area contributed by atoms with Crippen molar-refractivity contribution in [1.29, 1.82) is 0 Å². The lowest BCUT2D eigenvalue weighted by Gasteiger charge is -2.15. The van der Waals surface area contributed by atoms with Crippen LogP contribution in [0.25, 0.3) is 11.5 Å². The van der Waals surface area contributed by atoms with E-state index in [2.05, 4.69) is 10.1 Å². The van der Waals surface area contributed by atoms with E-state index in [0.717, 1.165) is 5.56 Å². The Morgan fingerprint density at radius 2 is 1.88 bits per heavy atom. The summed E-state index contributed by atoms with van der Waals surface area (Å²) in [5.41, 5.74) is 1.75. The Kier molecular flexibility index (Phi) is 4.01. The molecular weight excluding hydrogens is 321 g/mol. The monoisotopic (exact) mass is 337 g/mol. The normalized spacial score (nSPS) is 17.2. The molecule has 25 heavy (non-hydrogen) atoms. The summed E-state index contributed by atoms with van der Waals surface area (Å²) in [6, 6.07) is 15.8. The number of hydrogen-bond donors (Lipinski definition) is 0. The first-order valence-corrected chi connectivity index (χ1v) is 8.10. The quantitative estimate of drug-likeness (QED) is 0.732. The molecule has 3 aromatic rings. The number of carbonyl (C=O) groups excluding carboxylic acids is 1. The van der Waals surface area contributed by atoms with Gasteiger partial charge in [-0.3, -0.25) is 4.79 Å². The van der Waals surface area contributed by atoms with Crippen molar-refractivity contribution in [1.82, 2.24) is 15.0 Å². The van der Waals surface area contributed by atoms with E-state index in [-0.39, 0.29) is 17.6 Å². The van der Waals surface area contributed by atoms with Crippen molar-refractivity contribution in [2.24, 2.45) is 0 Å². The summed E-state index contributed by atoms with van der Waals surface area (Å²) in [7, 11) is 0. The summed E-state index contributed by atoms with van der Waals surface area (Å²) < 4.78 is 18.3. The third-order valence-corrected chi connectivity index (χ3v) is 4.33. The molecule has 1 amide bonds. The van der Waals surface area contributed by atoms with Crippen LogP contribution >= 0.6 is 0 Å². The lowest BCUT2D eigenvalue weighted by Crippen LogP contribution is -2.24. The SMILES string of the molecule is O=C1C[C@H](c2noc(-c3ccc(F)cc3)n2)CN1Cc1ccccc1. The first-order chi connectivity index (χ1) is 12.2. The van der Waals surface area contributed by atoms with Crippen LogP contribution in [-0.4, -0.2) is 27.5 Å². The molecule has 0 unspecified atom stereocenters. The Morgan fingerprint density at radius 1 is 1.12 bits per heavy atom. The number of rotatable bonds is 4. The minimum absolute atomic E-state index is 0.0852. The standard InChI is InChI=1S/C19H16FN3O2/c20-16-8-6-14(7-9-16)19-21-18(22-25-19)15-10-17(24)23(12-15)11-13-4-2-1-3-5-13/h1-9,15H,10-12H2/t15-/m0/s1. The molecule has 1 aliphatic rings. The van der Waals surface area contributed by atoms with E-state index in [1.807, 2.05) is 35.2 Å². The van der Waals surface area contributed by atoms with Gasteiger partial charge in [0.2, 0.25) is 5.91 Å². The second-order valence-corrected chi connectivity index (χ2v) is 6.13. The largest absolute Gasteiger partial charge is 0.338 e. The highest BCUT2D eigenvalue weighted by Gasteiger charge is 2.33. The smallest absolute Gasteiger partial charge is 0.257 e. The fourth-order valence-corrected chi connectivity index (χ4v) is 3.01. The Morgan fingerprint density at radius 3 is 2.64 bits per heavy atom. The molecule has 4 rings (SSSR count). The number of nitrogens with zero attached hydrogens (tertiary/aromatic N) is 3. The Labute approximate surface area is 144 Å². The molecule has 5 nitrogen and oxygen atoms in total. The maximum absolute atomic E-state index is 13.0. The summed E-state index contributed by atoms with van der Waals surface area (Å²) in [6.45, 7) is 1.15. The van der Waals surface area contributed by atoms with E-state index in [0.29, 0.717) is 36.8 Å². The van der Waals surface area contributed by atoms with Crippen LogP contribution < -0.4 is 0 Å². The van der Waals surface area contributed by atoms with Crippen LogP contribution in [-0.2, 0) is 11.3 Å². The van der Waals surface area contributed by atoms with Gasteiger partial charge in [-0.05, 0) is 29.8 Å². The van der Waals surface area contributed by atoms with Crippen LogP contribution in [0.4, 0.5) is 4.39 Å². The molecule has 0 bridgehead atoms. The van der Waals surface area contributed by atoms with Crippen LogP contribution in [0.1, 0.15) is 23.7 Å². The first kappa shape index (κ1) is 15.5. The molecule has 0 radical (unpaired) electrons. The van der Waals surface area contributed by atoms with Crippen LogP contribution in [0.15, 0.2) is 59.1 Å². The molecule has 0 spiro atoms. The van der Waals surface area contributed by atoms with Gasteiger partial charge in [-0.2, -0.15) is 4.98 Å². The van der Waals surface area contributed by atoms with Gasteiger partial charge >= 0.3 is 0 Å². The Balaban J connectivity index is 1.48. The van der Waals surface area contributed by atoms with Crippen molar-refractivity contribution in [3.63, 3.8) is 0 Å². The molecule has 6 heteroatoms. The van der Waals surface area contributed by atoms with Crippen molar-refractivity contribution in [2.45, 2.75) is 18.9 Å². The highest BCUT2D eigenvalue weighted by atomic mass is 19.1. The molecule has 2 heterocycles. The number of carbonyl (C=O) groups is 1. The summed E-state index contributed by atoms with van der Waals surface area (Å²) >= 11 is 0. The summed E-state index contributed by atoms with van der Waals surface area (Å²) in [5.74, 6) is 0.532. The van der Waals surface area contributed by atoms with E-state index in [1.165, 1.54) is 12.1 Å². The van der Waals surface area contributed by atoms with Gasteiger partial charge in [0.05, 0.1) is 0 Å². The molecule has 0 aliphatic carbocycles. The van der Waals surface area contributed by atoms with Crippen molar-refractivity contribution < 1.29 is 13.7 Å². The third-order valence-electron chi connectivity index (χ3n) is 4.33. The number of likely N-dealkylation sites (tertiary alicyclic amines) is 1. The average molecular weight is 337 g/mol. The predicted octanol–water partition coefficient (Wildman–Crippen LogP) is 3.39. The second-order valence-electron chi connectivity index (χ2n) is 6.13. The van der Waals surface area contributed by atoms with Crippen molar-refractivity contribution >= 4 is 5.91 Å². The number of amides is 1. The Bertz CT molecular complexity index is 877. The molecule has 1 fully saturated rings. The topological polar surface area (TPSA) is 59.2 Å².